The predicted molar refractivity (Wildman–Crippen MR) is 553 cm³/mol. The van der Waals surface area contributed by atoms with Gasteiger partial charge in [0.05, 0.1) is 28.5 Å². The number of nitrogens with zero attached hydrogens (tertiary/aromatic N) is 5. The van der Waals surface area contributed by atoms with Gasteiger partial charge in [0.1, 0.15) is 0 Å². The van der Waals surface area contributed by atoms with Gasteiger partial charge < -0.3 is 0 Å². The molecule has 0 N–H and O–H groups in total. The molecule has 5 heterocycles. The molecule has 2 aliphatic carbocycles. The van der Waals surface area contributed by atoms with Gasteiger partial charge in [0.2, 0.25) is 0 Å². The van der Waals surface area contributed by atoms with Crippen LogP contribution in [-0.4, -0.2) is 24.9 Å². The highest BCUT2D eigenvalue weighted by atomic mass is 14.7. The van der Waals surface area contributed by atoms with Crippen molar-refractivity contribution in [2.75, 3.05) is 0 Å². The van der Waals surface area contributed by atoms with Gasteiger partial charge in [-0.25, -0.2) is 0 Å². The maximum Gasteiger partial charge on any atom is 0.0714 e. The molecule has 0 saturated carbocycles. The van der Waals surface area contributed by atoms with E-state index >= 15 is 0 Å². The predicted octanol–water partition coefficient (Wildman–Crippen LogP) is 34.0. The van der Waals surface area contributed by atoms with Crippen LogP contribution < -0.4 is 0 Å². The molecule has 130 heavy (non-hydrogen) atoms. The Bertz CT molecular complexity index is 9090. The van der Waals surface area contributed by atoms with Crippen LogP contribution >= 0.6 is 0 Å². The summed E-state index contributed by atoms with van der Waals surface area (Å²) in [6.45, 7) is 13.3. The van der Waals surface area contributed by atoms with E-state index in [0.29, 0.717) is 0 Å². The third-order valence-electron chi connectivity index (χ3n) is 29.0. The normalized spacial score (nSPS) is 12.4. The van der Waals surface area contributed by atoms with Gasteiger partial charge in [-0.2, -0.15) is 0 Å². The van der Waals surface area contributed by atoms with E-state index in [4.69, 9.17) is 24.9 Å². The van der Waals surface area contributed by atoms with Gasteiger partial charge in [0.25, 0.3) is 0 Å². The van der Waals surface area contributed by atoms with Crippen molar-refractivity contribution in [1.82, 2.24) is 24.9 Å². The Kier molecular flexibility index (Phi) is 15.1. The molecule has 0 bridgehead atoms. The molecule has 0 amide bonds. The van der Waals surface area contributed by atoms with Gasteiger partial charge in [-0.1, -0.05) is 224 Å². The van der Waals surface area contributed by atoms with Gasteiger partial charge in [-0.15, -0.1) is 0 Å². The Balaban J connectivity index is 0.0000000981. The maximum absolute atomic E-state index is 4.97. The summed E-state index contributed by atoms with van der Waals surface area (Å²) in [5.74, 6) is 0. The van der Waals surface area contributed by atoms with Crippen molar-refractivity contribution in [2.24, 2.45) is 0 Å². The van der Waals surface area contributed by atoms with Crippen molar-refractivity contribution in [3.05, 3.63) is 392 Å². The zero-order valence-corrected chi connectivity index (χ0v) is 72.3. The summed E-state index contributed by atoms with van der Waals surface area (Å²) in [7, 11) is 0. The molecule has 0 radical (unpaired) electrons. The van der Waals surface area contributed by atoms with Gasteiger partial charge in [-0.3, -0.25) is 24.9 Å². The lowest BCUT2D eigenvalue weighted by atomic mass is 9.84. The van der Waals surface area contributed by atoms with Crippen LogP contribution in [0.15, 0.2) is 359 Å². The first-order valence-electron chi connectivity index (χ1n) is 45.2. The summed E-state index contributed by atoms with van der Waals surface area (Å²) in [6.07, 6.45) is 9.46. The Hall–Kier alpha value is -16.5. The van der Waals surface area contributed by atoms with Crippen molar-refractivity contribution in [3.8, 4) is 101 Å². The smallest absolute Gasteiger partial charge is 0.0714 e. The number of rotatable bonds is 5. The largest absolute Gasteiger partial charge is 0.256 e. The Morgan fingerprint density at radius 1 is 0.131 bits per heavy atom. The number of benzene rings is 21. The molecule has 0 fully saturated rings. The quantitative estimate of drug-likeness (QED) is 0.127. The fraction of sp³-hybridized carbons (Fsp3) is 0.0480. The number of fused-ring (bicyclic) bond motifs is 22. The average Bonchev–Trinajstić information content (AvgIpc) is 1.51. The van der Waals surface area contributed by atoms with E-state index in [1.165, 1.54) is 277 Å². The first kappa shape index (κ1) is 72.8. The van der Waals surface area contributed by atoms with Crippen molar-refractivity contribution < 1.29 is 0 Å². The van der Waals surface area contributed by atoms with E-state index < -0.39 is 0 Å². The van der Waals surface area contributed by atoms with E-state index in [-0.39, 0.29) is 0 Å². The molecule has 5 aromatic heterocycles. The Morgan fingerprint density at radius 2 is 0.400 bits per heavy atom. The van der Waals surface area contributed by atoms with Crippen molar-refractivity contribution >= 4 is 194 Å². The van der Waals surface area contributed by atoms with Crippen LogP contribution in [-0.2, 0) is 0 Å². The molecular weight excluding hydrogens is 1570 g/mol. The highest BCUT2D eigenvalue weighted by Gasteiger charge is 2.31. The molecule has 30 rings (SSSR count). The molecule has 5 nitrogen and oxygen atoms in total. The molecular formula is C125H77N5. The maximum atomic E-state index is 4.97. The summed E-state index contributed by atoms with van der Waals surface area (Å²) in [5.41, 5.74) is 29.4. The molecule has 0 spiro atoms. The topological polar surface area (TPSA) is 64.5 Å². The third-order valence-corrected chi connectivity index (χ3v) is 29.0. The van der Waals surface area contributed by atoms with Gasteiger partial charge in [0.15, 0.2) is 0 Å². The highest BCUT2D eigenvalue weighted by molar-refractivity contribution is 6.46. The second-order valence-corrected chi connectivity index (χ2v) is 36.7. The fourth-order valence-electron chi connectivity index (χ4n) is 24.0. The molecule has 2 aliphatic rings. The van der Waals surface area contributed by atoms with Crippen LogP contribution in [0.1, 0.15) is 33.4 Å². The summed E-state index contributed by atoms with van der Waals surface area (Å²) in [4.78, 5) is 24.0. The standard InChI is InChI=1S/2C42H26N2.C41H25N/c2*1-23-17-25-18-24(2)20-37-35-22-33-31-12-10-27(39-8-4-6-16-44-39)29-14-13-28-26(38-7-3-5-15-43-38)9-11-30(41(28)42(29)31)32(33)21-34(35)36(19-23)40(25)37;1-22-15-25-16-23(2)18-33-30-21-35-31(20-29(30)32(17-22)37(25)33)34-19-24-9-3-4-10-26(24)38-27-11-5-6-12-28(27)40(41(34)38)39(35)36-13-7-8-14-42-36/h2*3-22H,1-2H3;3-21H,1-2H3. The van der Waals surface area contributed by atoms with Crippen molar-refractivity contribution in [1.29, 1.82) is 0 Å². The Labute approximate surface area is 747 Å². The third kappa shape index (κ3) is 10.3. The lowest BCUT2D eigenvalue weighted by Crippen LogP contribution is -1.93. The SMILES string of the molecule is Cc1cc2c3c(cc(C)cc3c1)-c1cc3c(cc1-2)c1ccc(-c2ccccn2)c2ccc4c(-c5ccccn5)ccc3c4c21.Cc1cc2c3c(cc(C)cc3c1)-c1cc3c(cc1-2)c1ccc(-c2ccccn2)c2ccc4c(-c5ccccn5)ccc3c4c21.Cc1cc2cc(C)cc3c4cc5c(cc4c(c1)c23)c(-c1ccccn1)c1c2ccccc2c2c3ccccc3cc5c12. The first-order valence-corrected chi connectivity index (χ1v) is 45.2. The zero-order valence-electron chi connectivity index (χ0n) is 72.3. The fourth-order valence-corrected chi connectivity index (χ4v) is 24.0. The molecule has 28 aromatic rings. The Morgan fingerprint density at radius 3 is 0.762 bits per heavy atom. The molecule has 0 aliphatic heterocycles. The van der Waals surface area contributed by atoms with Crippen LogP contribution in [0.4, 0.5) is 0 Å². The lowest BCUT2D eigenvalue weighted by molar-refractivity contribution is 1.33. The minimum Gasteiger partial charge on any atom is -0.256 e. The second-order valence-electron chi connectivity index (χ2n) is 36.7. The van der Waals surface area contributed by atoms with Crippen LogP contribution in [0.5, 0.6) is 0 Å². The van der Waals surface area contributed by atoms with E-state index in [2.05, 4.69) is 339 Å². The minimum atomic E-state index is 0.994. The number of aryl methyl sites for hydroxylation is 6. The average molecular weight is 1650 g/mol. The van der Waals surface area contributed by atoms with Gasteiger partial charge in [0, 0.05) is 64.2 Å². The molecule has 23 aromatic carbocycles. The van der Waals surface area contributed by atoms with Crippen molar-refractivity contribution in [3.63, 3.8) is 0 Å². The summed E-state index contributed by atoms with van der Waals surface area (Å²) in [6, 6.07) is 122. The molecule has 0 saturated heterocycles. The van der Waals surface area contributed by atoms with Gasteiger partial charge >= 0.3 is 0 Å². The summed E-state index contributed by atoms with van der Waals surface area (Å²) in [5, 5.41) is 47.0. The molecule has 5 heteroatoms. The van der Waals surface area contributed by atoms with Crippen LogP contribution in [0.3, 0.4) is 0 Å². The summed E-state index contributed by atoms with van der Waals surface area (Å²) < 4.78 is 0. The number of pyridine rings is 5. The molecule has 602 valence electrons. The first-order chi connectivity index (χ1) is 63.9. The van der Waals surface area contributed by atoms with E-state index in [0.717, 1.165) is 50.7 Å². The molecule has 0 atom stereocenters. The zero-order chi connectivity index (χ0) is 85.9. The number of hydrogen-bond acceptors (Lipinski definition) is 5. The minimum absolute atomic E-state index is 0.994. The van der Waals surface area contributed by atoms with Crippen molar-refractivity contribution in [2.45, 2.75) is 41.5 Å². The summed E-state index contributed by atoms with van der Waals surface area (Å²) >= 11 is 0. The van der Waals surface area contributed by atoms with E-state index in [1.807, 2.05) is 61.3 Å². The monoisotopic (exact) mass is 1650 g/mol. The van der Waals surface area contributed by atoms with Crippen LogP contribution in [0.2, 0.25) is 0 Å². The van der Waals surface area contributed by atoms with Gasteiger partial charge in [-0.05, 0) is 411 Å². The lowest BCUT2D eigenvalue weighted by Gasteiger charge is -2.19. The van der Waals surface area contributed by atoms with E-state index in [1.54, 1.807) is 0 Å². The molecule has 0 unspecified atom stereocenters. The highest BCUT2D eigenvalue weighted by Crippen LogP contribution is 2.58. The second kappa shape index (κ2) is 27.0. The number of aromatic nitrogens is 5. The van der Waals surface area contributed by atoms with Crippen LogP contribution in [0.25, 0.3) is 295 Å². The number of hydrogen-bond donors (Lipinski definition) is 0. The van der Waals surface area contributed by atoms with Crippen LogP contribution in [0, 0.1) is 41.5 Å². The van der Waals surface area contributed by atoms with E-state index in [9.17, 15) is 0 Å².